The van der Waals surface area contributed by atoms with Crippen molar-refractivity contribution < 1.29 is 8.78 Å². The molecule has 0 saturated heterocycles. The Morgan fingerprint density at radius 3 is 2.67 bits per heavy atom. The first-order valence-corrected chi connectivity index (χ1v) is 6.37. The zero-order chi connectivity index (χ0) is 13.1. The normalized spacial score (nSPS) is 10.4. The first kappa shape index (κ1) is 13.3. The Kier molecular flexibility index (Phi) is 4.19. The molecule has 0 atom stereocenters. The number of nitrogens with one attached hydrogen (secondary N) is 1. The summed E-state index contributed by atoms with van der Waals surface area (Å²) in [5, 5.41) is 2.93. The fourth-order valence-corrected chi connectivity index (χ4v) is 1.91. The fourth-order valence-electron chi connectivity index (χ4n) is 1.49. The van der Waals surface area contributed by atoms with E-state index in [2.05, 4.69) is 21.2 Å². The molecular formula is C13H9BrClF2N. The van der Waals surface area contributed by atoms with Crippen molar-refractivity contribution in [1.29, 1.82) is 0 Å². The molecule has 5 heteroatoms. The number of halogens is 4. The average Bonchev–Trinajstić information content (AvgIpc) is 2.35. The van der Waals surface area contributed by atoms with Crippen LogP contribution in [0.15, 0.2) is 40.9 Å². The molecule has 0 aliphatic heterocycles. The van der Waals surface area contributed by atoms with Crippen molar-refractivity contribution in [2.75, 3.05) is 5.32 Å². The standard InChI is InChI=1S/C13H9BrClF2N/c14-9-5-4-8(6-11(9)16)7-18-12-3-1-2-10(15)13(12)17/h1-6,18H,7H2. The van der Waals surface area contributed by atoms with Crippen molar-refractivity contribution in [3.63, 3.8) is 0 Å². The maximum absolute atomic E-state index is 13.6. The Labute approximate surface area is 117 Å². The zero-order valence-electron chi connectivity index (χ0n) is 9.18. The van der Waals surface area contributed by atoms with Crippen LogP contribution < -0.4 is 5.32 Å². The van der Waals surface area contributed by atoms with Crippen molar-refractivity contribution in [2.45, 2.75) is 6.54 Å². The summed E-state index contributed by atoms with van der Waals surface area (Å²) in [5.41, 5.74) is 1.01. The van der Waals surface area contributed by atoms with Crippen LogP contribution in [-0.4, -0.2) is 0 Å². The van der Waals surface area contributed by atoms with Crippen molar-refractivity contribution in [2.24, 2.45) is 0 Å². The van der Waals surface area contributed by atoms with E-state index in [0.29, 0.717) is 16.7 Å². The van der Waals surface area contributed by atoms with Gasteiger partial charge in [0, 0.05) is 6.54 Å². The van der Waals surface area contributed by atoms with E-state index in [1.54, 1.807) is 24.3 Å². The van der Waals surface area contributed by atoms with Crippen molar-refractivity contribution >= 4 is 33.2 Å². The molecule has 0 heterocycles. The molecule has 2 aromatic carbocycles. The van der Waals surface area contributed by atoms with Gasteiger partial charge in [-0.1, -0.05) is 23.7 Å². The molecule has 18 heavy (non-hydrogen) atoms. The summed E-state index contributed by atoms with van der Waals surface area (Å²) < 4.78 is 27.3. The van der Waals surface area contributed by atoms with E-state index in [9.17, 15) is 8.78 Å². The Bertz CT molecular complexity index is 575. The molecule has 0 saturated carbocycles. The molecule has 1 N–H and O–H groups in total. The number of hydrogen-bond donors (Lipinski definition) is 1. The smallest absolute Gasteiger partial charge is 0.164 e. The third-order valence-corrected chi connectivity index (χ3v) is 3.35. The maximum atomic E-state index is 13.6. The van der Waals surface area contributed by atoms with Gasteiger partial charge in [0.2, 0.25) is 0 Å². The molecule has 94 valence electrons. The highest BCUT2D eigenvalue weighted by atomic mass is 79.9. The van der Waals surface area contributed by atoms with E-state index >= 15 is 0 Å². The summed E-state index contributed by atoms with van der Waals surface area (Å²) >= 11 is 8.73. The fraction of sp³-hybridized carbons (Fsp3) is 0.0769. The lowest BCUT2D eigenvalue weighted by Gasteiger charge is -2.08. The highest BCUT2D eigenvalue weighted by Crippen LogP contribution is 2.23. The van der Waals surface area contributed by atoms with Gasteiger partial charge in [-0.05, 0) is 45.8 Å². The first-order valence-electron chi connectivity index (χ1n) is 5.20. The Morgan fingerprint density at radius 2 is 1.94 bits per heavy atom. The van der Waals surface area contributed by atoms with Gasteiger partial charge >= 0.3 is 0 Å². The van der Waals surface area contributed by atoms with Crippen LogP contribution >= 0.6 is 27.5 Å². The van der Waals surface area contributed by atoms with Gasteiger partial charge < -0.3 is 5.32 Å². The van der Waals surface area contributed by atoms with Gasteiger partial charge in [-0.25, -0.2) is 8.78 Å². The molecule has 0 radical (unpaired) electrons. The van der Waals surface area contributed by atoms with Crippen molar-refractivity contribution in [3.05, 3.63) is 63.1 Å². The molecule has 1 nitrogen and oxygen atoms in total. The van der Waals surface area contributed by atoms with Crippen LogP contribution in [0.1, 0.15) is 5.56 Å². The van der Waals surface area contributed by atoms with Crippen LogP contribution in [0.2, 0.25) is 5.02 Å². The molecule has 0 bridgehead atoms. The molecule has 0 fully saturated rings. The minimum atomic E-state index is -0.503. The summed E-state index contributed by atoms with van der Waals surface area (Å²) in [7, 11) is 0. The summed E-state index contributed by atoms with van der Waals surface area (Å²) in [6.07, 6.45) is 0. The Hall–Kier alpha value is -1.13. The summed E-state index contributed by atoms with van der Waals surface area (Å²) in [5.74, 6) is -0.849. The van der Waals surface area contributed by atoms with Gasteiger partial charge in [-0.2, -0.15) is 0 Å². The molecule has 2 aromatic rings. The van der Waals surface area contributed by atoms with Crippen molar-refractivity contribution in [3.8, 4) is 0 Å². The maximum Gasteiger partial charge on any atom is 0.164 e. The predicted molar refractivity (Wildman–Crippen MR) is 72.8 cm³/mol. The molecule has 0 amide bonds. The lowest BCUT2D eigenvalue weighted by Crippen LogP contribution is -2.02. The second kappa shape index (κ2) is 5.67. The third kappa shape index (κ3) is 3.00. The molecule has 0 aliphatic carbocycles. The lowest BCUT2D eigenvalue weighted by atomic mass is 10.2. The summed E-state index contributed by atoms with van der Waals surface area (Å²) in [6.45, 7) is 0.321. The minimum absolute atomic E-state index is 0.0574. The predicted octanol–water partition coefficient (Wildman–Crippen LogP) is 4.99. The largest absolute Gasteiger partial charge is 0.379 e. The second-order valence-electron chi connectivity index (χ2n) is 3.70. The quantitative estimate of drug-likeness (QED) is 0.834. The molecule has 0 unspecified atom stereocenters. The van der Waals surface area contributed by atoms with Crippen molar-refractivity contribution in [1.82, 2.24) is 0 Å². The minimum Gasteiger partial charge on any atom is -0.379 e. The van der Waals surface area contributed by atoms with Gasteiger partial charge in [-0.3, -0.25) is 0 Å². The molecule has 2 rings (SSSR count). The Balaban J connectivity index is 2.11. The van der Waals surface area contributed by atoms with Gasteiger partial charge in [-0.15, -0.1) is 0 Å². The van der Waals surface area contributed by atoms with Crippen LogP contribution in [0.5, 0.6) is 0 Å². The molecule has 0 aromatic heterocycles. The van der Waals surface area contributed by atoms with Gasteiger partial charge in [0.1, 0.15) is 5.82 Å². The van der Waals surface area contributed by atoms with Crippen LogP contribution in [0, 0.1) is 11.6 Å². The SMILES string of the molecule is Fc1cc(CNc2cccc(Cl)c2F)ccc1Br. The van der Waals surface area contributed by atoms with E-state index in [0.717, 1.165) is 5.56 Å². The van der Waals surface area contributed by atoms with Gasteiger partial charge in [0.15, 0.2) is 5.82 Å². The van der Waals surface area contributed by atoms with Crippen LogP contribution in [-0.2, 0) is 6.54 Å². The number of hydrogen-bond acceptors (Lipinski definition) is 1. The molecule has 0 aliphatic rings. The monoisotopic (exact) mass is 331 g/mol. The zero-order valence-corrected chi connectivity index (χ0v) is 11.5. The summed E-state index contributed by atoms with van der Waals surface area (Å²) in [6, 6.07) is 9.45. The van der Waals surface area contributed by atoms with E-state index in [1.807, 2.05) is 0 Å². The van der Waals surface area contributed by atoms with Crippen LogP contribution in [0.25, 0.3) is 0 Å². The van der Waals surface area contributed by atoms with Crippen LogP contribution in [0.4, 0.5) is 14.5 Å². The molecule has 0 spiro atoms. The lowest BCUT2D eigenvalue weighted by molar-refractivity contribution is 0.618. The van der Waals surface area contributed by atoms with Gasteiger partial charge in [0.05, 0.1) is 15.2 Å². The second-order valence-corrected chi connectivity index (χ2v) is 4.96. The summed E-state index contributed by atoms with van der Waals surface area (Å²) in [4.78, 5) is 0. The number of anilines is 1. The first-order chi connectivity index (χ1) is 8.58. The Morgan fingerprint density at radius 1 is 1.17 bits per heavy atom. The van der Waals surface area contributed by atoms with E-state index < -0.39 is 5.82 Å². The number of benzene rings is 2. The highest BCUT2D eigenvalue weighted by molar-refractivity contribution is 9.10. The van der Waals surface area contributed by atoms with E-state index in [4.69, 9.17) is 11.6 Å². The van der Waals surface area contributed by atoms with Gasteiger partial charge in [0.25, 0.3) is 0 Å². The average molecular weight is 333 g/mol. The number of rotatable bonds is 3. The van der Waals surface area contributed by atoms with E-state index in [-0.39, 0.29) is 10.8 Å². The van der Waals surface area contributed by atoms with Crippen LogP contribution in [0.3, 0.4) is 0 Å². The topological polar surface area (TPSA) is 12.0 Å². The van der Waals surface area contributed by atoms with E-state index in [1.165, 1.54) is 12.1 Å². The third-order valence-electron chi connectivity index (χ3n) is 2.42. The molecular weight excluding hydrogens is 324 g/mol. The highest BCUT2D eigenvalue weighted by Gasteiger charge is 2.06.